The van der Waals surface area contributed by atoms with Gasteiger partial charge in [0.15, 0.2) is 0 Å². The van der Waals surface area contributed by atoms with Gasteiger partial charge in [-0.05, 0) is 12.5 Å². The van der Waals surface area contributed by atoms with E-state index in [1.807, 2.05) is 23.2 Å². The van der Waals surface area contributed by atoms with Crippen molar-refractivity contribution in [3.05, 3.63) is 35.9 Å². The van der Waals surface area contributed by atoms with E-state index >= 15 is 0 Å². The summed E-state index contributed by atoms with van der Waals surface area (Å²) >= 11 is 0. The minimum atomic E-state index is 0.116. The van der Waals surface area contributed by atoms with Gasteiger partial charge in [0, 0.05) is 13.1 Å². The summed E-state index contributed by atoms with van der Waals surface area (Å²) in [6.07, 6.45) is 0.323. The van der Waals surface area contributed by atoms with Gasteiger partial charge in [0.2, 0.25) is 0 Å². The van der Waals surface area contributed by atoms with E-state index in [1.54, 1.807) is 0 Å². The molecule has 3 heteroatoms. The van der Waals surface area contributed by atoms with Crippen LogP contribution in [0.5, 0.6) is 0 Å². The summed E-state index contributed by atoms with van der Waals surface area (Å²) in [7, 11) is 0. The summed E-state index contributed by atoms with van der Waals surface area (Å²) in [6.45, 7) is 3.63. The topological polar surface area (TPSA) is 38.5 Å². The molecule has 0 aliphatic carbocycles. The van der Waals surface area contributed by atoms with Crippen molar-refractivity contribution >= 4 is 0 Å². The summed E-state index contributed by atoms with van der Waals surface area (Å²) in [4.78, 5) is 0. The summed E-state index contributed by atoms with van der Waals surface area (Å²) in [5, 5.41) is 1.83. The van der Waals surface area contributed by atoms with Gasteiger partial charge in [0.25, 0.3) is 0 Å². The Labute approximate surface area is 84.4 Å². The number of hydrogen-bond donors (Lipinski definition) is 1. The minimum absolute atomic E-state index is 0.116. The number of benzene rings is 1. The molecule has 1 fully saturated rings. The molecule has 0 bridgehead atoms. The van der Waals surface area contributed by atoms with Crippen LogP contribution in [0.25, 0.3) is 0 Å². The zero-order chi connectivity index (χ0) is 9.97. The van der Waals surface area contributed by atoms with Gasteiger partial charge in [-0.2, -0.15) is 0 Å². The van der Waals surface area contributed by atoms with Gasteiger partial charge in [-0.3, -0.25) is 5.84 Å². The second kappa shape index (κ2) is 4.09. The van der Waals surface area contributed by atoms with E-state index in [-0.39, 0.29) is 12.2 Å². The number of hydrazine groups is 1. The minimum Gasteiger partial charge on any atom is -0.368 e. The predicted molar refractivity (Wildman–Crippen MR) is 55.5 cm³/mol. The predicted octanol–water partition coefficient (Wildman–Crippen LogP) is 1.32. The van der Waals surface area contributed by atoms with Crippen LogP contribution in [0.2, 0.25) is 0 Å². The molecule has 1 aliphatic rings. The largest absolute Gasteiger partial charge is 0.368 e. The molecule has 76 valence electrons. The Hall–Kier alpha value is -0.900. The molecule has 1 aromatic carbocycles. The van der Waals surface area contributed by atoms with Crippen LogP contribution < -0.4 is 5.84 Å². The Morgan fingerprint density at radius 3 is 2.64 bits per heavy atom. The second-order valence-electron chi connectivity index (χ2n) is 3.80. The third-order valence-corrected chi connectivity index (χ3v) is 2.46. The zero-order valence-corrected chi connectivity index (χ0v) is 8.39. The smallest absolute Gasteiger partial charge is 0.0970 e. The fraction of sp³-hybridized carbons (Fsp3) is 0.455. The Kier molecular flexibility index (Phi) is 2.82. The molecule has 1 aromatic rings. The average Bonchev–Trinajstić information content (AvgIpc) is 2.18. The highest BCUT2D eigenvalue weighted by Crippen LogP contribution is 2.23. The highest BCUT2D eigenvalue weighted by atomic mass is 16.5. The fourth-order valence-corrected chi connectivity index (χ4v) is 1.84. The van der Waals surface area contributed by atoms with Gasteiger partial charge < -0.3 is 4.74 Å². The van der Waals surface area contributed by atoms with Gasteiger partial charge in [-0.1, -0.05) is 30.3 Å². The lowest BCUT2D eigenvalue weighted by atomic mass is 10.1. The highest BCUT2D eigenvalue weighted by molar-refractivity contribution is 5.18. The zero-order valence-electron chi connectivity index (χ0n) is 8.39. The Morgan fingerprint density at radius 2 is 2.00 bits per heavy atom. The van der Waals surface area contributed by atoms with Gasteiger partial charge in [0.1, 0.15) is 0 Å². The van der Waals surface area contributed by atoms with Gasteiger partial charge in [0.05, 0.1) is 12.2 Å². The van der Waals surface area contributed by atoms with E-state index in [9.17, 15) is 0 Å². The number of hydrogen-bond acceptors (Lipinski definition) is 3. The molecule has 2 rings (SSSR count). The first-order valence-electron chi connectivity index (χ1n) is 4.96. The maximum Gasteiger partial charge on any atom is 0.0970 e. The van der Waals surface area contributed by atoms with Crippen molar-refractivity contribution in [1.82, 2.24) is 5.01 Å². The molecular formula is C11H16N2O. The number of morpholine rings is 1. The number of nitrogens with two attached hydrogens (primary N) is 1. The fourth-order valence-electron chi connectivity index (χ4n) is 1.84. The molecule has 1 aliphatic heterocycles. The quantitative estimate of drug-likeness (QED) is 0.682. The van der Waals surface area contributed by atoms with Crippen molar-refractivity contribution in [2.75, 3.05) is 13.1 Å². The summed E-state index contributed by atoms with van der Waals surface area (Å²) in [6, 6.07) is 10.2. The summed E-state index contributed by atoms with van der Waals surface area (Å²) < 4.78 is 5.82. The first-order chi connectivity index (χ1) is 6.75. The van der Waals surface area contributed by atoms with Crippen LogP contribution in [0.1, 0.15) is 18.6 Å². The molecular weight excluding hydrogens is 176 g/mol. The van der Waals surface area contributed by atoms with E-state index in [1.165, 1.54) is 5.56 Å². The molecule has 1 heterocycles. The van der Waals surface area contributed by atoms with Gasteiger partial charge in [-0.25, -0.2) is 5.01 Å². The van der Waals surface area contributed by atoms with E-state index < -0.39 is 0 Å². The molecule has 0 spiro atoms. The van der Waals surface area contributed by atoms with Crippen molar-refractivity contribution in [3.8, 4) is 0 Å². The molecule has 3 nitrogen and oxygen atoms in total. The maximum absolute atomic E-state index is 5.82. The third kappa shape index (κ3) is 2.12. The third-order valence-electron chi connectivity index (χ3n) is 2.46. The number of rotatable bonds is 1. The second-order valence-corrected chi connectivity index (χ2v) is 3.80. The first-order valence-corrected chi connectivity index (χ1v) is 4.96. The molecule has 0 saturated carbocycles. The number of ether oxygens (including phenoxy) is 1. The maximum atomic E-state index is 5.82. The van der Waals surface area contributed by atoms with Crippen LogP contribution in [-0.2, 0) is 4.74 Å². The SMILES string of the molecule is CC1CN(N)CC(c2ccccc2)O1. The van der Waals surface area contributed by atoms with Crippen molar-refractivity contribution < 1.29 is 4.74 Å². The molecule has 2 unspecified atom stereocenters. The molecule has 14 heavy (non-hydrogen) atoms. The molecule has 0 amide bonds. The number of nitrogens with zero attached hydrogens (tertiary/aromatic N) is 1. The normalized spacial score (nSPS) is 29.0. The van der Waals surface area contributed by atoms with Crippen LogP contribution in [0.4, 0.5) is 0 Å². The Bertz CT molecular complexity index is 279. The molecule has 0 radical (unpaired) electrons. The highest BCUT2D eigenvalue weighted by Gasteiger charge is 2.24. The monoisotopic (exact) mass is 192 g/mol. The lowest BCUT2D eigenvalue weighted by Gasteiger charge is -2.34. The van der Waals surface area contributed by atoms with Crippen molar-refractivity contribution in [3.63, 3.8) is 0 Å². The van der Waals surface area contributed by atoms with Crippen LogP contribution in [0, 0.1) is 0 Å². The van der Waals surface area contributed by atoms with Crippen LogP contribution in [0.15, 0.2) is 30.3 Å². The average molecular weight is 192 g/mol. The molecule has 0 aromatic heterocycles. The van der Waals surface area contributed by atoms with E-state index in [0.717, 1.165) is 13.1 Å². The Morgan fingerprint density at radius 1 is 1.29 bits per heavy atom. The van der Waals surface area contributed by atoms with Crippen LogP contribution in [-0.4, -0.2) is 24.2 Å². The van der Waals surface area contributed by atoms with Gasteiger partial charge in [-0.15, -0.1) is 0 Å². The molecule has 1 saturated heterocycles. The lowest BCUT2D eigenvalue weighted by Crippen LogP contribution is -2.46. The lowest BCUT2D eigenvalue weighted by molar-refractivity contribution is -0.0794. The van der Waals surface area contributed by atoms with E-state index in [0.29, 0.717) is 0 Å². The van der Waals surface area contributed by atoms with Crippen LogP contribution in [0.3, 0.4) is 0 Å². The van der Waals surface area contributed by atoms with Crippen LogP contribution >= 0.6 is 0 Å². The van der Waals surface area contributed by atoms with Gasteiger partial charge >= 0.3 is 0 Å². The van der Waals surface area contributed by atoms with Crippen molar-refractivity contribution in [2.45, 2.75) is 19.1 Å². The Balaban J connectivity index is 2.11. The molecule has 2 N–H and O–H groups in total. The van der Waals surface area contributed by atoms with Crippen molar-refractivity contribution in [2.24, 2.45) is 5.84 Å². The van der Waals surface area contributed by atoms with Crippen molar-refractivity contribution in [1.29, 1.82) is 0 Å². The summed E-state index contributed by atoms with van der Waals surface area (Å²) in [5.41, 5.74) is 1.20. The first kappa shape index (κ1) is 9.65. The van der Waals surface area contributed by atoms with E-state index in [2.05, 4.69) is 19.1 Å². The summed E-state index contributed by atoms with van der Waals surface area (Å²) in [5.74, 6) is 5.81. The standard InChI is InChI=1S/C11H16N2O/c1-9-7-13(12)8-11(14-9)10-5-3-2-4-6-10/h2-6,9,11H,7-8,12H2,1H3. The van der Waals surface area contributed by atoms with E-state index in [4.69, 9.17) is 10.6 Å². The molecule has 2 atom stereocenters.